The molecule has 2 aromatic heterocycles. The number of hydrogen-bond acceptors (Lipinski definition) is 4. The summed E-state index contributed by atoms with van der Waals surface area (Å²) in [6.07, 6.45) is 3.44. The summed E-state index contributed by atoms with van der Waals surface area (Å²) in [5.41, 5.74) is 2.45. The summed E-state index contributed by atoms with van der Waals surface area (Å²) in [6.45, 7) is 2.08. The van der Waals surface area contributed by atoms with Crippen LogP contribution in [0.5, 0.6) is 0 Å². The van der Waals surface area contributed by atoms with Gasteiger partial charge in [0.2, 0.25) is 0 Å². The monoisotopic (exact) mass is 299 g/mol. The van der Waals surface area contributed by atoms with Gasteiger partial charge in [-0.25, -0.2) is 14.6 Å². The molecule has 0 aliphatic carbocycles. The molecule has 0 atom stereocenters. The maximum Gasteiger partial charge on any atom is 0.133 e. The zero-order valence-electron chi connectivity index (χ0n) is 11.6. The number of rotatable bonds is 4. The predicted octanol–water partition coefficient (Wildman–Crippen LogP) is 3.33. The summed E-state index contributed by atoms with van der Waals surface area (Å²) in [5, 5.41) is 8.56. The van der Waals surface area contributed by atoms with E-state index in [0.29, 0.717) is 5.15 Å². The molecule has 0 saturated carbocycles. The number of benzene rings is 1. The molecule has 3 rings (SSSR count). The Kier molecular flexibility index (Phi) is 3.92. The van der Waals surface area contributed by atoms with E-state index in [1.54, 1.807) is 16.9 Å². The quantitative estimate of drug-likeness (QED) is 0.693. The molecule has 0 N–H and O–H groups in total. The van der Waals surface area contributed by atoms with Gasteiger partial charge in [0, 0.05) is 12.5 Å². The Morgan fingerprint density at radius 1 is 1.14 bits per heavy atom. The highest BCUT2D eigenvalue weighted by Crippen LogP contribution is 2.22. The van der Waals surface area contributed by atoms with E-state index in [9.17, 15) is 0 Å². The lowest BCUT2D eigenvalue weighted by molar-refractivity contribution is 0.800. The minimum atomic E-state index is 0.435. The molecule has 0 unspecified atom stereocenters. The molecule has 0 radical (unpaired) electrons. The Balaban J connectivity index is 2.08. The number of hydrogen-bond donors (Lipinski definition) is 0. The van der Waals surface area contributed by atoms with Gasteiger partial charge in [-0.15, -0.1) is 5.10 Å². The van der Waals surface area contributed by atoms with Gasteiger partial charge in [-0.3, -0.25) is 0 Å². The summed E-state index contributed by atoms with van der Waals surface area (Å²) in [5.74, 6) is 0.737. The summed E-state index contributed by atoms with van der Waals surface area (Å²) in [4.78, 5) is 8.80. The second-order valence-corrected chi connectivity index (χ2v) is 5.00. The first-order valence-electron chi connectivity index (χ1n) is 6.78. The molecule has 0 saturated heterocycles. The first kappa shape index (κ1) is 13.7. The minimum Gasteiger partial charge on any atom is -0.231 e. The van der Waals surface area contributed by atoms with Crippen molar-refractivity contribution in [3.8, 4) is 17.1 Å². The van der Waals surface area contributed by atoms with Crippen molar-refractivity contribution in [2.75, 3.05) is 0 Å². The molecule has 6 heteroatoms. The molecule has 0 amide bonds. The van der Waals surface area contributed by atoms with Crippen LogP contribution in [0.2, 0.25) is 5.15 Å². The van der Waals surface area contributed by atoms with Crippen molar-refractivity contribution in [3.63, 3.8) is 0 Å². The fourth-order valence-corrected chi connectivity index (χ4v) is 2.30. The van der Waals surface area contributed by atoms with E-state index in [1.807, 2.05) is 30.3 Å². The maximum absolute atomic E-state index is 6.10. The average Bonchev–Trinajstić information content (AvgIpc) is 2.97. The van der Waals surface area contributed by atoms with Gasteiger partial charge < -0.3 is 0 Å². The first-order chi connectivity index (χ1) is 10.3. The normalized spacial score (nSPS) is 10.8. The highest BCUT2D eigenvalue weighted by atomic mass is 35.5. The zero-order chi connectivity index (χ0) is 14.7. The van der Waals surface area contributed by atoms with Crippen LogP contribution in [0.4, 0.5) is 0 Å². The molecule has 0 aliphatic rings. The molecule has 1 aromatic carbocycles. The van der Waals surface area contributed by atoms with Crippen LogP contribution >= 0.6 is 11.6 Å². The zero-order valence-corrected chi connectivity index (χ0v) is 12.3. The molecule has 106 valence electrons. The Morgan fingerprint density at radius 3 is 2.71 bits per heavy atom. The summed E-state index contributed by atoms with van der Waals surface area (Å²) >= 11 is 6.10. The number of para-hydroxylation sites is 1. The molecule has 21 heavy (non-hydrogen) atoms. The van der Waals surface area contributed by atoms with Gasteiger partial charge in [-0.2, -0.15) is 0 Å². The van der Waals surface area contributed by atoms with Crippen LogP contribution in [0.1, 0.15) is 19.2 Å². The molecule has 0 spiro atoms. The smallest absolute Gasteiger partial charge is 0.133 e. The first-order valence-corrected chi connectivity index (χ1v) is 7.15. The minimum absolute atomic E-state index is 0.435. The Bertz CT molecular complexity index is 739. The van der Waals surface area contributed by atoms with Gasteiger partial charge in [0.25, 0.3) is 0 Å². The third kappa shape index (κ3) is 2.92. The van der Waals surface area contributed by atoms with E-state index < -0.39 is 0 Å². The van der Waals surface area contributed by atoms with Gasteiger partial charge in [-0.05, 0) is 18.6 Å². The highest BCUT2D eigenvalue weighted by molar-refractivity contribution is 6.29. The van der Waals surface area contributed by atoms with Crippen LogP contribution in [0.15, 0.2) is 42.6 Å². The van der Waals surface area contributed by atoms with E-state index in [1.165, 1.54) is 0 Å². The Morgan fingerprint density at radius 2 is 1.95 bits per heavy atom. The largest absolute Gasteiger partial charge is 0.231 e. The van der Waals surface area contributed by atoms with Gasteiger partial charge in [-0.1, -0.05) is 41.9 Å². The SMILES string of the molecule is CCCc1nc(Cl)cc(-c2cnnn2-c2ccccc2)n1. The van der Waals surface area contributed by atoms with Gasteiger partial charge in [0.15, 0.2) is 0 Å². The van der Waals surface area contributed by atoms with Crippen molar-refractivity contribution >= 4 is 11.6 Å². The van der Waals surface area contributed by atoms with Crippen molar-refractivity contribution in [3.05, 3.63) is 53.6 Å². The van der Waals surface area contributed by atoms with Crippen molar-refractivity contribution < 1.29 is 0 Å². The molecule has 2 heterocycles. The predicted molar refractivity (Wildman–Crippen MR) is 81.4 cm³/mol. The Hall–Kier alpha value is -2.27. The molecule has 0 fully saturated rings. The van der Waals surface area contributed by atoms with Gasteiger partial charge in [0.1, 0.15) is 16.7 Å². The molecular weight excluding hydrogens is 286 g/mol. The number of nitrogens with zero attached hydrogens (tertiary/aromatic N) is 5. The Labute approximate surface area is 127 Å². The summed E-state index contributed by atoms with van der Waals surface area (Å²) < 4.78 is 1.74. The number of aryl methyl sites for hydroxylation is 1. The number of halogens is 1. The molecule has 3 aromatic rings. The number of aromatic nitrogens is 5. The van der Waals surface area contributed by atoms with Crippen LogP contribution in [-0.4, -0.2) is 25.0 Å². The van der Waals surface area contributed by atoms with Crippen LogP contribution in [0.3, 0.4) is 0 Å². The lowest BCUT2D eigenvalue weighted by atomic mass is 10.2. The molecule has 0 bridgehead atoms. The standard InChI is InChI=1S/C15H14ClN5/c1-2-6-15-18-12(9-14(16)19-15)13-10-17-20-21(13)11-7-4-3-5-8-11/h3-5,7-10H,2,6H2,1H3. The lowest BCUT2D eigenvalue weighted by Crippen LogP contribution is -2.02. The third-order valence-electron chi connectivity index (χ3n) is 3.03. The van der Waals surface area contributed by atoms with Crippen molar-refractivity contribution in [1.82, 2.24) is 25.0 Å². The average molecular weight is 300 g/mol. The van der Waals surface area contributed by atoms with Crippen molar-refractivity contribution in [2.45, 2.75) is 19.8 Å². The lowest BCUT2D eigenvalue weighted by Gasteiger charge is -2.07. The topological polar surface area (TPSA) is 56.5 Å². The van der Waals surface area contributed by atoms with Gasteiger partial charge >= 0.3 is 0 Å². The van der Waals surface area contributed by atoms with Crippen LogP contribution in [-0.2, 0) is 6.42 Å². The molecular formula is C15H14ClN5. The van der Waals surface area contributed by atoms with Crippen LogP contribution in [0, 0.1) is 0 Å². The molecule has 0 aliphatic heterocycles. The second-order valence-electron chi connectivity index (χ2n) is 4.61. The molecule has 5 nitrogen and oxygen atoms in total. The third-order valence-corrected chi connectivity index (χ3v) is 3.22. The van der Waals surface area contributed by atoms with E-state index in [-0.39, 0.29) is 0 Å². The summed E-state index contributed by atoms with van der Waals surface area (Å²) in [6, 6.07) is 11.5. The van der Waals surface area contributed by atoms with E-state index in [2.05, 4.69) is 27.2 Å². The van der Waals surface area contributed by atoms with Crippen molar-refractivity contribution in [1.29, 1.82) is 0 Å². The van der Waals surface area contributed by atoms with E-state index >= 15 is 0 Å². The fraction of sp³-hybridized carbons (Fsp3) is 0.200. The van der Waals surface area contributed by atoms with Crippen molar-refractivity contribution in [2.24, 2.45) is 0 Å². The second kappa shape index (κ2) is 6.01. The van der Waals surface area contributed by atoms with E-state index in [0.717, 1.165) is 35.7 Å². The van der Waals surface area contributed by atoms with Gasteiger partial charge in [0.05, 0.1) is 17.6 Å². The van der Waals surface area contributed by atoms with E-state index in [4.69, 9.17) is 11.6 Å². The van der Waals surface area contributed by atoms with Crippen LogP contribution < -0.4 is 0 Å². The summed E-state index contributed by atoms with van der Waals surface area (Å²) in [7, 11) is 0. The highest BCUT2D eigenvalue weighted by Gasteiger charge is 2.12. The maximum atomic E-state index is 6.10. The fourth-order valence-electron chi connectivity index (χ4n) is 2.10. The van der Waals surface area contributed by atoms with Crippen LogP contribution in [0.25, 0.3) is 17.1 Å².